The Morgan fingerprint density at radius 3 is 2.74 bits per heavy atom. The fourth-order valence-corrected chi connectivity index (χ4v) is 1.83. The summed E-state index contributed by atoms with van der Waals surface area (Å²) >= 11 is 0. The summed E-state index contributed by atoms with van der Waals surface area (Å²) in [5.41, 5.74) is 8.05. The molecule has 0 saturated heterocycles. The predicted octanol–water partition coefficient (Wildman–Crippen LogP) is 2.42. The van der Waals surface area contributed by atoms with Crippen molar-refractivity contribution in [1.82, 2.24) is 0 Å². The molecular formula is C15H18N2O2. The van der Waals surface area contributed by atoms with Crippen molar-refractivity contribution < 1.29 is 9.84 Å². The molecule has 4 N–H and O–H groups in total. The molecule has 0 radical (unpaired) electrons. The van der Waals surface area contributed by atoms with Crippen molar-refractivity contribution >= 4 is 11.4 Å². The Kier molecular flexibility index (Phi) is 4.26. The fraction of sp³-hybridized carbons (Fsp3) is 0.200. The molecule has 0 aromatic heterocycles. The third-order valence-electron chi connectivity index (χ3n) is 2.86. The van der Waals surface area contributed by atoms with Crippen LogP contribution in [0.25, 0.3) is 0 Å². The molecule has 0 fully saturated rings. The second kappa shape index (κ2) is 6.11. The zero-order valence-corrected chi connectivity index (χ0v) is 10.8. The number of rotatable bonds is 5. The van der Waals surface area contributed by atoms with Crippen LogP contribution in [-0.2, 0) is 0 Å². The summed E-state index contributed by atoms with van der Waals surface area (Å²) in [6, 6.07) is 14.8. The summed E-state index contributed by atoms with van der Waals surface area (Å²) in [6.45, 7) is 0.413. The number of hydrogen-bond donors (Lipinski definition) is 3. The number of hydrogen-bond acceptors (Lipinski definition) is 4. The highest BCUT2D eigenvalue weighted by Crippen LogP contribution is 2.19. The Balaban J connectivity index is 1.98. The zero-order valence-electron chi connectivity index (χ0n) is 10.8. The van der Waals surface area contributed by atoms with E-state index in [1.807, 2.05) is 36.4 Å². The highest BCUT2D eigenvalue weighted by Gasteiger charge is 2.07. The SMILES string of the molecule is COc1cccc(NCC(O)c2cccc(N)c2)c1. The molecule has 1 atom stereocenters. The van der Waals surface area contributed by atoms with Crippen LogP contribution in [0.3, 0.4) is 0 Å². The molecule has 1 unspecified atom stereocenters. The monoisotopic (exact) mass is 258 g/mol. The molecule has 0 amide bonds. The van der Waals surface area contributed by atoms with Crippen molar-refractivity contribution in [1.29, 1.82) is 0 Å². The average molecular weight is 258 g/mol. The van der Waals surface area contributed by atoms with Gasteiger partial charge in [-0.3, -0.25) is 0 Å². The van der Waals surface area contributed by atoms with Crippen molar-refractivity contribution in [2.75, 3.05) is 24.7 Å². The molecule has 0 aliphatic rings. The standard InChI is InChI=1S/C15H18N2O2/c1-19-14-7-3-6-13(9-14)17-10-15(18)11-4-2-5-12(16)8-11/h2-9,15,17-18H,10,16H2,1H3. The van der Waals surface area contributed by atoms with Gasteiger partial charge >= 0.3 is 0 Å². The topological polar surface area (TPSA) is 67.5 Å². The van der Waals surface area contributed by atoms with Gasteiger partial charge in [0.1, 0.15) is 5.75 Å². The summed E-state index contributed by atoms with van der Waals surface area (Å²) in [5, 5.41) is 13.2. The quantitative estimate of drug-likeness (QED) is 0.720. The largest absolute Gasteiger partial charge is 0.497 e. The van der Waals surface area contributed by atoms with E-state index in [0.717, 1.165) is 17.0 Å². The zero-order chi connectivity index (χ0) is 13.7. The Hall–Kier alpha value is -2.20. The number of nitrogens with one attached hydrogen (secondary N) is 1. The van der Waals surface area contributed by atoms with E-state index in [4.69, 9.17) is 10.5 Å². The lowest BCUT2D eigenvalue weighted by Crippen LogP contribution is -2.12. The molecule has 0 aliphatic carbocycles. The molecule has 0 bridgehead atoms. The Labute approximate surface area is 112 Å². The average Bonchev–Trinajstić information content (AvgIpc) is 2.45. The fourth-order valence-electron chi connectivity index (χ4n) is 1.83. The van der Waals surface area contributed by atoms with Gasteiger partial charge in [0.15, 0.2) is 0 Å². The van der Waals surface area contributed by atoms with E-state index in [2.05, 4.69) is 5.32 Å². The smallest absolute Gasteiger partial charge is 0.120 e. The Morgan fingerprint density at radius 2 is 2.00 bits per heavy atom. The molecule has 4 heteroatoms. The Morgan fingerprint density at radius 1 is 1.21 bits per heavy atom. The Bertz CT molecular complexity index is 543. The number of aliphatic hydroxyl groups is 1. The molecule has 4 nitrogen and oxygen atoms in total. The molecule has 19 heavy (non-hydrogen) atoms. The highest BCUT2D eigenvalue weighted by atomic mass is 16.5. The first-order chi connectivity index (χ1) is 9.19. The van der Waals surface area contributed by atoms with Crippen molar-refractivity contribution in [2.45, 2.75) is 6.10 Å². The third kappa shape index (κ3) is 3.63. The van der Waals surface area contributed by atoms with Gasteiger partial charge < -0.3 is 20.9 Å². The van der Waals surface area contributed by atoms with Crippen molar-refractivity contribution in [3.63, 3.8) is 0 Å². The highest BCUT2D eigenvalue weighted by molar-refractivity contribution is 5.48. The van der Waals surface area contributed by atoms with Gasteiger partial charge in [0.25, 0.3) is 0 Å². The van der Waals surface area contributed by atoms with Gasteiger partial charge in [-0.2, -0.15) is 0 Å². The van der Waals surface area contributed by atoms with Crippen LogP contribution in [0.1, 0.15) is 11.7 Å². The van der Waals surface area contributed by atoms with E-state index in [0.29, 0.717) is 12.2 Å². The van der Waals surface area contributed by atoms with Crippen LogP contribution in [0, 0.1) is 0 Å². The third-order valence-corrected chi connectivity index (χ3v) is 2.86. The molecule has 2 aromatic carbocycles. The molecule has 0 heterocycles. The summed E-state index contributed by atoms with van der Waals surface area (Å²) < 4.78 is 5.14. The molecule has 2 aromatic rings. The lowest BCUT2D eigenvalue weighted by molar-refractivity contribution is 0.191. The lowest BCUT2D eigenvalue weighted by Gasteiger charge is -2.14. The molecule has 0 aliphatic heterocycles. The number of nitrogen functional groups attached to an aromatic ring is 1. The minimum Gasteiger partial charge on any atom is -0.497 e. The minimum atomic E-state index is -0.602. The van der Waals surface area contributed by atoms with Crippen LogP contribution >= 0.6 is 0 Å². The predicted molar refractivity (Wildman–Crippen MR) is 77.3 cm³/mol. The van der Waals surface area contributed by atoms with Crippen LogP contribution in [0.2, 0.25) is 0 Å². The number of nitrogens with two attached hydrogens (primary N) is 1. The minimum absolute atomic E-state index is 0.413. The second-order valence-corrected chi connectivity index (χ2v) is 4.30. The lowest BCUT2D eigenvalue weighted by atomic mass is 10.1. The molecule has 2 rings (SSSR count). The molecular weight excluding hydrogens is 240 g/mol. The van der Waals surface area contributed by atoms with Crippen LogP contribution in [-0.4, -0.2) is 18.8 Å². The van der Waals surface area contributed by atoms with E-state index >= 15 is 0 Å². The van der Waals surface area contributed by atoms with E-state index in [9.17, 15) is 5.11 Å². The summed E-state index contributed by atoms with van der Waals surface area (Å²) in [4.78, 5) is 0. The number of methoxy groups -OCH3 is 1. The second-order valence-electron chi connectivity index (χ2n) is 4.30. The number of aliphatic hydroxyl groups excluding tert-OH is 1. The number of ether oxygens (including phenoxy) is 1. The van der Waals surface area contributed by atoms with Gasteiger partial charge in [-0.05, 0) is 29.8 Å². The van der Waals surface area contributed by atoms with Crippen molar-refractivity contribution in [3.8, 4) is 5.75 Å². The van der Waals surface area contributed by atoms with Gasteiger partial charge in [0.05, 0.1) is 13.2 Å². The van der Waals surface area contributed by atoms with Gasteiger partial charge in [-0.1, -0.05) is 18.2 Å². The normalized spacial score (nSPS) is 11.9. The van der Waals surface area contributed by atoms with E-state index in [-0.39, 0.29) is 0 Å². The number of anilines is 2. The van der Waals surface area contributed by atoms with Crippen molar-refractivity contribution in [2.24, 2.45) is 0 Å². The van der Waals surface area contributed by atoms with Crippen LogP contribution in [0.4, 0.5) is 11.4 Å². The first kappa shape index (κ1) is 13.2. The van der Waals surface area contributed by atoms with Gasteiger partial charge in [-0.15, -0.1) is 0 Å². The van der Waals surface area contributed by atoms with Crippen LogP contribution < -0.4 is 15.8 Å². The summed E-state index contributed by atoms with van der Waals surface area (Å²) in [5.74, 6) is 0.781. The first-order valence-corrected chi connectivity index (χ1v) is 6.10. The molecule has 100 valence electrons. The maximum atomic E-state index is 10.1. The number of benzene rings is 2. The van der Waals surface area contributed by atoms with Crippen molar-refractivity contribution in [3.05, 3.63) is 54.1 Å². The van der Waals surface area contributed by atoms with E-state index in [1.54, 1.807) is 19.2 Å². The first-order valence-electron chi connectivity index (χ1n) is 6.10. The maximum absolute atomic E-state index is 10.1. The van der Waals surface area contributed by atoms with E-state index < -0.39 is 6.10 Å². The van der Waals surface area contributed by atoms with Gasteiger partial charge in [-0.25, -0.2) is 0 Å². The summed E-state index contributed by atoms with van der Waals surface area (Å²) in [6.07, 6.45) is -0.602. The van der Waals surface area contributed by atoms with Crippen LogP contribution in [0.15, 0.2) is 48.5 Å². The van der Waals surface area contributed by atoms with E-state index in [1.165, 1.54) is 0 Å². The van der Waals surface area contributed by atoms with Gasteiger partial charge in [0, 0.05) is 24.0 Å². The molecule has 0 spiro atoms. The maximum Gasteiger partial charge on any atom is 0.120 e. The van der Waals surface area contributed by atoms with Crippen LogP contribution in [0.5, 0.6) is 5.75 Å². The van der Waals surface area contributed by atoms with Gasteiger partial charge in [0.2, 0.25) is 0 Å². The molecule has 0 saturated carbocycles. The summed E-state index contributed by atoms with van der Waals surface area (Å²) in [7, 11) is 1.63.